The van der Waals surface area contributed by atoms with Crippen LogP contribution in [0.2, 0.25) is 5.02 Å². The van der Waals surface area contributed by atoms with E-state index in [1.165, 1.54) is 19.8 Å². The number of hydrogen-bond acceptors (Lipinski definition) is 1. The Hall–Kier alpha value is 0.170. The van der Waals surface area contributed by atoms with Crippen LogP contribution in [-0.4, -0.2) is 0 Å². The van der Waals surface area contributed by atoms with Crippen LogP contribution in [0.5, 0.6) is 0 Å². The molecule has 0 fully saturated rings. The molecule has 0 aliphatic heterocycles. The van der Waals surface area contributed by atoms with Crippen molar-refractivity contribution in [1.82, 2.24) is 0 Å². The molecule has 0 saturated heterocycles. The SMILES string of the molecule is Cc1sc(C(Br)Cc2ccccc2Cl)cc1Br. The third-order valence-electron chi connectivity index (χ3n) is 2.54. The Kier molecular flexibility index (Phi) is 4.70. The maximum atomic E-state index is 6.17. The zero-order valence-electron chi connectivity index (χ0n) is 9.21. The zero-order chi connectivity index (χ0) is 12.4. The second kappa shape index (κ2) is 5.87. The van der Waals surface area contributed by atoms with Gasteiger partial charge < -0.3 is 0 Å². The van der Waals surface area contributed by atoms with Crippen LogP contribution in [0.1, 0.15) is 20.1 Å². The summed E-state index contributed by atoms with van der Waals surface area (Å²) in [5.41, 5.74) is 1.18. The van der Waals surface area contributed by atoms with Gasteiger partial charge >= 0.3 is 0 Å². The molecule has 17 heavy (non-hydrogen) atoms. The fraction of sp³-hybridized carbons (Fsp3) is 0.231. The van der Waals surface area contributed by atoms with E-state index in [0.29, 0.717) is 4.83 Å². The summed E-state index contributed by atoms with van der Waals surface area (Å²) in [5.74, 6) is 0. The Labute approximate surface area is 127 Å². The van der Waals surface area contributed by atoms with Gasteiger partial charge in [0.2, 0.25) is 0 Å². The highest BCUT2D eigenvalue weighted by atomic mass is 79.9. The Bertz CT molecular complexity index is 502. The van der Waals surface area contributed by atoms with Gasteiger partial charge in [-0.15, -0.1) is 11.3 Å². The minimum Gasteiger partial charge on any atom is -0.143 e. The quantitative estimate of drug-likeness (QED) is 0.548. The zero-order valence-corrected chi connectivity index (χ0v) is 14.0. The topological polar surface area (TPSA) is 0 Å². The molecule has 1 atom stereocenters. The highest BCUT2D eigenvalue weighted by Crippen LogP contribution is 2.37. The van der Waals surface area contributed by atoms with E-state index in [1.807, 2.05) is 29.5 Å². The van der Waals surface area contributed by atoms with Crippen molar-refractivity contribution in [3.63, 3.8) is 0 Å². The molecule has 0 aliphatic rings. The predicted molar refractivity (Wildman–Crippen MR) is 83.6 cm³/mol. The fourth-order valence-corrected chi connectivity index (χ4v) is 4.11. The van der Waals surface area contributed by atoms with Crippen molar-refractivity contribution in [1.29, 1.82) is 0 Å². The molecule has 1 unspecified atom stereocenters. The first-order valence-corrected chi connectivity index (χ1v) is 8.11. The van der Waals surface area contributed by atoms with Crippen LogP contribution in [0.25, 0.3) is 0 Å². The van der Waals surface area contributed by atoms with Crippen LogP contribution in [0.3, 0.4) is 0 Å². The Morgan fingerprint density at radius 3 is 2.65 bits per heavy atom. The summed E-state index contributed by atoms with van der Waals surface area (Å²) in [6.45, 7) is 2.12. The molecule has 0 nitrogen and oxygen atoms in total. The van der Waals surface area contributed by atoms with E-state index < -0.39 is 0 Å². The van der Waals surface area contributed by atoms with E-state index in [9.17, 15) is 0 Å². The highest BCUT2D eigenvalue weighted by molar-refractivity contribution is 9.10. The highest BCUT2D eigenvalue weighted by Gasteiger charge is 2.14. The summed E-state index contributed by atoms with van der Waals surface area (Å²) in [6.07, 6.45) is 0.909. The molecule has 2 aromatic rings. The second-order valence-electron chi connectivity index (χ2n) is 3.82. The van der Waals surface area contributed by atoms with Crippen LogP contribution >= 0.6 is 54.8 Å². The Morgan fingerprint density at radius 1 is 1.35 bits per heavy atom. The van der Waals surface area contributed by atoms with Crippen LogP contribution in [-0.2, 0) is 6.42 Å². The van der Waals surface area contributed by atoms with Crippen LogP contribution in [0.15, 0.2) is 34.8 Å². The van der Waals surface area contributed by atoms with E-state index in [4.69, 9.17) is 11.6 Å². The molecule has 0 saturated carbocycles. The summed E-state index contributed by atoms with van der Waals surface area (Å²) in [4.78, 5) is 2.95. The van der Waals surface area contributed by atoms with Gasteiger partial charge in [-0.25, -0.2) is 0 Å². The summed E-state index contributed by atoms with van der Waals surface area (Å²) in [7, 11) is 0. The molecule has 0 spiro atoms. The van der Waals surface area contributed by atoms with Gasteiger partial charge in [-0.1, -0.05) is 45.7 Å². The maximum Gasteiger partial charge on any atom is 0.0530 e. The van der Waals surface area contributed by atoms with E-state index in [0.717, 1.165) is 11.4 Å². The van der Waals surface area contributed by atoms with Crippen molar-refractivity contribution in [2.24, 2.45) is 0 Å². The molecule has 90 valence electrons. The lowest BCUT2D eigenvalue weighted by molar-refractivity contribution is 0.969. The van der Waals surface area contributed by atoms with Crippen molar-refractivity contribution < 1.29 is 0 Å². The lowest BCUT2D eigenvalue weighted by Crippen LogP contribution is -1.93. The van der Waals surface area contributed by atoms with E-state index in [2.05, 4.69) is 50.9 Å². The average molecular weight is 395 g/mol. The van der Waals surface area contributed by atoms with Crippen molar-refractivity contribution in [3.8, 4) is 0 Å². The third-order valence-corrected chi connectivity index (χ3v) is 6.28. The molecule has 0 radical (unpaired) electrons. The number of halogens is 3. The first-order chi connectivity index (χ1) is 8.08. The molecule has 1 heterocycles. The lowest BCUT2D eigenvalue weighted by atomic mass is 10.1. The minimum absolute atomic E-state index is 0.317. The van der Waals surface area contributed by atoms with Gasteiger partial charge in [-0.2, -0.15) is 0 Å². The molecule has 0 N–H and O–H groups in total. The summed E-state index contributed by atoms with van der Waals surface area (Å²) in [5, 5.41) is 0.837. The summed E-state index contributed by atoms with van der Waals surface area (Å²) in [6, 6.07) is 10.2. The number of hydrogen-bond donors (Lipinski definition) is 0. The molecule has 1 aromatic heterocycles. The van der Waals surface area contributed by atoms with Gasteiger partial charge in [-0.05, 0) is 47.0 Å². The first-order valence-electron chi connectivity index (χ1n) is 5.21. The van der Waals surface area contributed by atoms with Gasteiger partial charge in [0.05, 0.1) is 4.83 Å². The minimum atomic E-state index is 0.317. The molecular weight excluding hydrogens is 383 g/mol. The van der Waals surface area contributed by atoms with E-state index in [-0.39, 0.29) is 0 Å². The summed E-state index contributed by atoms with van der Waals surface area (Å²) < 4.78 is 1.18. The monoisotopic (exact) mass is 392 g/mol. The van der Waals surface area contributed by atoms with E-state index >= 15 is 0 Å². The number of thiophene rings is 1. The largest absolute Gasteiger partial charge is 0.143 e. The number of rotatable bonds is 3. The molecule has 0 bridgehead atoms. The van der Waals surface area contributed by atoms with E-state index in [1.54, 1.807) is 0 Å². The van der Waals surface area contributed by atoms with Crippen LogP contribution in [0, 0.1) is 6.92 Å². The molecule has 4 heteroatoms. The smallest absolute Gasteiger partial charge is 0.0530 e. The Morgan fingerprint density at radius 2 is 2.06 bits per heavy atom. The normalized spacial score (nSPS) is 12.7. The van der Waals surface area contributed by atoms with Crippen molar-refractivity contribution in [2.45, 2.75) is 18.2 Å². The summed E-state index contributed by atoms with van der Waals surface area (Å²) >= 11 is 15.3. The number of benzene rings is 1. The van der Waals surface area contributed by atoms with Gasteiger partial charge in [0.1, 0.15) is 0 Å². The Balaban J connectivity index is 2.17. The standard InChI is InChI=1S/C13H11Br2ClS/c1-8-10(14)7-13(17-8)11(15)6-9-4-2-3-5-12(9)16/h2-5,7,11H,6H2,1H3. The molecule has 1 aromatic carbocycles. The molecule has 0 amide bonds. The number of alkyl halides is 1. The fourth-order valence-electron chi connectivity index (χ4n) is 1.59. The lowest BCUT2D eigenvalue weighted by Gasteiger charge is -2.09. The molecular formula is C13H11Br2ClS. The van der Waals surface area contributed by atoms with Crippen LogP contribution < -0.4 is 0 Å². The molecule has 0 aliphatic carbocycles. The van der Waals surface area contributed by atoms with Gasteiger partial charge in [-0.3, -0.25) is 0 Å². The van der Waals surface area contributed by atoms with Crippen molar-refractivity contribution >= 4 is 54.8 Å². The van der Waals surface area contributed by atoms with Gasteiger partial charge in [0, 0.05) is 19.2 Å². The third kappa shape index (κ3) is 3.34. The average Bonchev–Trinajstić information content (AvgIpc) is 2.63. The maximum absolute atomic E-state index is 6.17. The second-order valence-corrected chi connectivity index (χ2v) is 7.47. The first kappa shape index (κ1) is 13.6. The van der Waals surface area contributed by atoms with Gasteiger partial charge in [0.25, 0.3) is 0 Å². The van der Waals surface area contributed by atoms with Gasteiger partial charge in [0.15, 0.2) is 0 Å². The predicted octanol–water partition coefficient (Wildman–Crippen LogP) is 6.15. The molecule has 2 rings (SSSR count). The van der Waals surface area contributed by atoms with Crippen LogP contribution in [0.4, 0.5) is 0 Å². The van der Waals surface area contributed by atoms with Crippen molar-refractivity contribution in [3.05, 3.63) is 55.1 Å². The number of aryl methyl sites for hydroxylation is 1. The van der Waals surface area contributed by atoms with Crippen molar-refractivity contribution in [2.75, 3.05) is 0 Å².